The van der Waals surface area contributed by atoms with Gasteiger partial charge in [-0.3, -0.25) is 9.59 Å². The van der Waals surface area contributed by atoms with Crippen molar-refractivity contribution in [1.29, 1.82) is 0 Å². The van der Waals surface area contributed by atoms with E-state index in [1.165, 1.54) is 30.2 Å². The number of thiophene rings is 1. The summed E-state index contributed by atoms with van der Waals surface area (Å²) in [4.78, 5) is 39.0. The molecule has 0 aliphatic rings. The van der Waals surface area contributed by atoms with Crippen LogP contribution in [0.3, 0.4) is 0 Å². The van der Waals surface area contributed by atoms with Gasteiger partial charge in [0.15, 0.2) is 0 Å². The zero-order valence-electron chi connectivity index (χ0n) is 21.3. The number of rotatable bonds is 9. The summed E-state index contributed by atoms with van der Waals surface area (Å²) in [5.41, 5.74) is 4.65. The molecule has 2 amide bonds. The smallest absolute Gasteiger partial charge is 0.341 e. The van der Waals surface area contributed by atoms with Crippen molar-refractivity contribution in [3.63, 3.8) is 0 Å². The van der Waals surface area contributed by atoms with E-state index in [0.29, 0.717) is 16.3 Å². The molecule has 1 aromatic heterocycles. The molecule has 0 saturated carbocycles. The van der Waals surface area contributed by atoms with Crippen LogP contribution in [0.25, 0.3) is 11.1 Å². The second-order valence-electron chi connectivity index (χ2n) is 8.70. The number of aryl methyl sites for hydroxylation is 1. The van der Waals surface area contributed by atoms with Gasteiger partial charge in [-0.25, -0.2) is 4.79 Å². The van der Waals surface area contributed by atoms with Crippen molar-refractivity contribution in [3.8, 4) is 11.1 Å². The molecule has 2 N–H and O–H groups in total. The van der Waals surface area contributed by atoms with Crippen molar-refractivity contribution >= 4 is 51.6 Å². The molecule has 0 bridgehead atoms. The van der Waals surface area contributed by atoms with E-state index in [4.69, 9.17) is 4.74 Å². The number of ether oxygens (including phenoxy) is 1. The Labute approximate surface area is 230 Å². The molecule has 0 spiro atoms. The molecule has 4 rings (SSSR count). The van der Waals surface area contributed by atoms with Crippen molar-refractivity contribution in [1.82, 2.24) is 0 Å². The summed E-state index contributed by atoms with van der Waals surface area (Å²) in [6.45, 7) is 3.80. The van der Waals surface area contributed by atoms with Crippen LogP contribution >= 0.6 is 23.1 Å². The summed E-state index contributed by atoms with van der Waals surface area (Å²) in [7, 11) is 1.33. The minimum Gasteiger partial charge on any atom is -0.465 e. The van der Waals surface area contributed by atoms with E-state index >= 15 is 0 Å². The molecule has 0 fully saturated rings. The third-order valence-corrected chi connectivity index (χ3v) is 7.78. The molecule has 1 atom stereocenters. The Morgan fingerprint density at radius 1 is 0.947 bits per heavy atom. The average molecular weight is 545 g/mol. The van der Waals surface area contributed by atoms with Crippen molar-refractivity contribution in [3.05, 3.63) is 101 Å². The van der Waals surface area contributed by atoms with Gasteiger partial charge in [0.25, 0.3) is 0 Å². The molecule has 6 nitrogen and oxygen atoms in total. The summed E-state index contributed by atoms with van der Waals surface area (Å²) in [5, 5.41) is 7.67. The minimum absolute atomic E-state index is 0.110. The van der Waals surface area contributed by atoms with E-state index in [1.54, 1.807) is 6.92 Å². The Balaban J connectivity index is 1.43. The Kier molecular flexibility index (Phi) is 8.99. The van der Waals surface area contributed by atoms with Gasteiger partial charge in [-0.2, -0.15) is 0 Å². The standard InChI is InChI=1S/C30H28N2O4S2/c1-19-12-14-22(15-13-19)25-18-37-29(27(25)30(35)36-3)32-28(34)20(2)38-24-11-7-10-23(17-24)31-26(33)16-21-8-5-4-6-9-21/h4-15,17-18,20H,16H2,1-3H3,(H,31,33)(H,32,34). The van der Waals surface area contributed by atoms with E-state index in [1.807, 2.05) is 91.2 Å². The molecule has 4 aromatic rings. The molecular weight excluding hydrogens is 516 g/mol. The van der Waals surface area contributed by atoms with Crippen molar-refractivity contribution in [2.45, 2.75) is 30.4 Å². The lowest BCUT2D eigenvalue weighted by atomic mass is 10.0. The highest BCUT2D eigenvalue weighted by atomic mass is 32.2. The number of thioether (sulfide) groups is 1. The number of hydrogen-bond donors (Lipinski definition) is 2. The van der Waals surface area contributed by atoms with Gasteiger partial charge < -0.3 is 15.4 Å². The molecule has 0 aliphatic heterocycles. The number of carbonyl (C=O) groups excluding carboxylic acids is 3. The maximum Gasteiger partial charge on any atom is 0.341 e. The van der Waals surface area contributed by atoms with E-state index in [2.05, 4.69) is 10.6 Å². The highest BCUT2D eigenvalue weighted by molar-refractivity contribution is 8.00. The maximum absolute atomic E-state index is 13.1. The number of carbonyl (C=O) groups is 3. The van der Waals surface area contributed by atoms with Gasteiger partial charge in [0.1, 0.15) is 10.6 Å². The second-order valence-corrected chi connectivity index (χ2v) is 11.0. The first-order valence-electron chi connectivity index (χ1n) is 12.0. The molecule has 3 aromatic carbocycles. The number of hydrogen-bond acceptors (Lipinski definition) is 6. The van der Waals surface area contributed by atoms with Gasteiger partial charge in [-0.1, -0.05) is 66.2 Å². The van der Waals surface area contributed by atoms with Crippen LogP contribution in [-0.4, -0.2) is 30.1 Å². The largest absolute Gasteiger partial charge is 0.465 e. The fourth-order valence-electron chi connectivity index (χ4n) is 3.80. The molecule has 0 saturated heterocycles. The highest BCUT2D eigenvalue weighted by Gasteiger charge is 2.24. The third kappa shape index (κ3) is 6.90. The Morgan fingerprint density at radius 2 is 1.68 bits per heavy atom. The number of methoxy groups -OCH3 is 1. The summed E-state index contributed by atoms with van der Waals surface area (Å²) in [6, 6.07) is 24.8. The van der Waals surface area contributed by atoms with Gasteiger partial charge in [-0.15, -0.1) is 23.1 Å². The Bertz CT molecular complexity index is 1430. The van der Waals surface area contributed by atoms with Crippen LogP contribution in [0.5, 0.6) is 0 Å². The van der Waals surface area contributed by atoms with E-state index in [-0.39, 0.29) is 18.2 Å². The van der Waals surface area contributed by atoms with Crippen molar-refractivity contribution < 1.29 is 19.1 Å². The molecular formula is C30H28N2O4S2. The number of nitrogens with one attached hydrogen (secondary N) is 2. The van der Waals surface area contributed by atoms with Gasteiger partial charge in [-0.05, 0) is 43.2 Å². The average Bonchev–Trinajstić information content (AvgIpc) is 3.32. The van der Waals surface area contributed by atoms with Crippen LogP contribution in [-0.2, 0) is 20.7 Å². The highest BCUT2D eigenvalue weighted by Crippen LogP contribution is 2.37. The summed E-state index contributed by atoms with van der Waals surface area (Å²) in [6.07, 6.45) is 0.283. The minimum atomic E-state index is -0.503. The SMILES string of the molecule is COC(=O)c1c(-c2ccc(C)cc2)csc1NC(=O)C(C)Sc1cccc(NC(=O)Cc2ccccc2)c1. The second kappa shape index (κ2) is 12.6. The number of esters is 1. The topological polar surface area (TPSA) is 84.5 Å². The lowest BCUT2D eigenvalue weighted by Gasteiger charge is -2.13. The zero-order valence-corrected chi connectivity index (χ0v) is 22.9. The molecule has 0 radical (unpaired) electrons. The first kappa shape index (κ1) is 27.2. The molecule has 194 valence electrons. The van der Waals surface area contributed by atoms with Crippen LogP contribution < -0.4 is 10.6 Å². The van der Waals surface area contributed by atoms with Gasteiger partial charge in [0, 0.05) is 21.5 Å². The number of anilines is 2. The monoisotopic (exact) mass is 544 g/mol. The third-order valence-electron chi connectivity index (χ3n) is 5.79. The number of amides is 2. The van der Waals surface area contributed by atoms with Crippen LogP contribution in [0.1, 0.15) is 28.4 Å². The lowest BCUT2D eigenvalue weighted by Crippen LogP contribution is -2.23. The molecule has 0 aliphatic carbocycles. The summed E-state index contributed by atoms with van der Waals surface area (Å²) in [5.74, 6) is -0.853. The predicted molar refractivity (Wildman–Crippen MR) is 155 cm³/mol. The zero-order chi connectivity index (χ0) is 27.1. The fourth-order valence-corrected chi connectivity index (χ4v) is 5.69. The van der Waals surface area contributed by atoms with E-state index in [0.717, 1.165) is 27.1 Å². The maximum atomic E-state index is 13.1. The first-order chi connectivity index (χ1) is 18.3. The normalized spacial score (nSPS) is 11.4. The van der Waals surface area contributed by atoms with Gasteiger partial charge in [0.05, 0.1) is 18.8 Å². The molecule has 1 unspecified atom stereocenters. The van der Waals surface area contributed by atoms with Gasteiger partial charge >= 0.3 is 5.97 Å². The Hall–Kier alpha value is -3.88. The van der Waals surface area contributed by atoms with Crippen LogP contribution in [0.2, 0.25) is 0 Å². The summed E-state index contributed by atoms with van der Waals surface area (Å²) >= 11 is 2.66. The molecule has 1 heterocycles. The fraction of sp³-hybridized carbons (Fsp3) is 0.167. The van der Waals surface area contributed by atoms with Crippen molar-refractivity contribution in [2.24, 2.45) is 0 Å². The molecule has 8 heteroatoms. The Morgan fingerprint density at radius 3 is 2.39 bits per heavy atom. The number of benzene rings is 3. The predicted octanol–water partition coefficient (Wildman–Crippen LogP) is 6.81. The van der Waals surface area contributed by atoms with Gasteiger partial charge in [0.2, 0.25) is 11.8 Å². The first-order valence-corrected chi connectivity index (χ1v) is 13.8. The molecule has 38 heavy (non-hydrogen) atoms. The summed E-state index contributed by atoms with van der Waals surface area (Å²) < 4.78 is 5.02. The van der Waals surface area contributed by atoms with Crippen molar-refractivity contribution in [2.75, 3.05) is 17.7 Å². The van der Waals surface area contributed by atoms with E-state index < -0.39 is 11.2 Å². The van der Waals surface area contributed by atoms with Crippen LogP contribution in [0, 0.1) is 6.92 Å². The van der Waals surface area contributed by atoms with Crippen LogP contribution in [0.4, 0.5) is 10.7 Å². The quantitative estimate of drug-likeness (QED) is 0.179. The lowest BCUT2D eigenvalue weighted by molar-refractivity contribution is -0.116. The van der Waals surface area contributed by atoms with E-state index in [9.17, 15) is 14.4 Å². The van der Waals surface area contributed by atoms with Crippen LogP contribution in [0.15, 0.2) is 89.1 Å².